The van der Waals surface area contributed by atoms with E-state index < -0.39 is 0 Å². The monoisotopic (exact) mass is 494 g/mol. The molecule has 4 aromatic rings. The molecule has 37 heavy (non-hydrogen) atoms. The van der Waals surface area contributed by atoms with Crippen molar-refractivity contribution in [3.05, 3.63) is 87.7 Å². The molecule has 0 unspecified atom stereocenters. The molecule has 2 heterocycles. The number of aromatic nitrogens is 2. The highest BCUT2D eigenvalue weighted by atomic mass is 16.5. The molecule has 3 aromatic carbocycles. The maximum atomic E-state index is 13.6. The number of fused-ring (bicyclic) bond motifs is 1. The Hall–Kier alpha value is -3.93. The van der Waals surface area contributed by atoms with Crippen LogP contribution >= 0.6 is 0 Å². The second-order valence-corrected chi connectivity index (χ2v) is 10.0. The summed E-state index contributed by atoms with van der Waals surface area (Å²) in [5.41, 5.74) is 5.53. The fourth-order valence-electron chi connectivity index (χ4n) is 5.02. The van der Waals surface area contributed by atoms with Crippen LogP contribution in [0.25, 0.3) is 22.3 Å². The van der Waals surface area contributed by atoms with E-state index in [0.29, 0.717) is 16.7 Å². The lowest BCUT2D eigenvalue weighted by molar-refractivity contribution is 0.407. The predicted molar refractivity (Wildman–Crippen MR) is 152 cm³/mol. The van der Waals surface area contributed by atoms with E-state index in [1.807, 2.05) is 31.2 Å². The fraction of sp³-hybridized carbons (Fsp3) is 0.323. The minimum absolute atomic E-state index is 0.192. The molecule has 1 aliphatic rings. The largest absolute Gasteiger partial charge is 0.496 e. The van der Waals surface area contributed by atoms with E-state index in [1.165, 1.54) is 29.6 Å². The predicted octanol–water partition coefficient (Wildman–Crippen LogP) is 6.38. The van der Waals surface area contributed by atoms with Crippen molar-refractivity contribution in [2.45, 2.75) is 46.0 Å². The number of para-hydroxylation sites is 1. The van der Waals surface area contributed by atoms with Crippen molar-refractivity contribution in [1.82, 2.24) is 9.66 Å². The third-order valence-corrected chi connectivity index (χ3v) is 7.13. The van der Waals surface area contributed by atoms with Crippen LogP contribution in [0.4, 0.5) is 5.69 Å². The molecule has 0 bridgehead atoms. The van der Waals surface area contributed by atoms with Crippen molar-refractivity contribution < 1.29 is 4.74 Å². The van der Waals surface area contributed by atoms with Crippen molar-refractivity contribution in [1.29, 1.82) is 0 Å². The second-order valence-electron chi connectivity index (χ2n) is 10.0. The number of methoxy groups -OCH3 is 1. The lowest BCUT2D eigenvalue weighted by atomic mass is 9.96. The van der Waals surface area contributed by atoms with Crippen LogP contribution in [0, 0.1) is 6.92 Å². The molecule has 0 spiro atoms. The Kier molecular flexibility index (Phi) is 7.08. The van der Waals surface area contributed by atoms with E-state index in [2.05, 4.69) is 54.2 Å². The maximum absolute atomic E-state index is 13.6. The Balaban J connectivity index is 1.60. The molecule has 5 rings (SSSR count). The Labute approximate surface area is 218 Å². The molecule has 0 radical (unpaired) electrons. The summed E-state index contributed by atoms with van der Waals surface area (Å²) in [7, 11) is 1.69. The smallest absolute Gasteiger partial charge is 0.282 e. The van der Waals surface area contributed by atoms with Gasteiger partial charge in [-0.05, 0) is 85.2 Å². The third kappa shape index (κ3) is 5.01. The van der Waals surface area contributed by atoms with Crippen LogP contribution in [0.2, 0.25) is 0 Å². The zero-order chi connectivity index (χ0) is 25.9. The van der Waals surface area contributed by atoms with Gasteiger partial charge < -0.3 is 9.64 Å². The normalized spacial score (nSPS) is 14.1. The van der Waals surface area contributed by atoms with Crippen LogP contribution in [-0.4, -0.2) is 36.1 Å². The fourth-order valence-corrected chi connectivity index (χ4v) is 5.02. The van der Waals surface area contributed by atoms with Gasteiger partial charge in [-0.25, -0.2) is 4.98 Å². The van der Waals surface area contributed by atoms with E-state index in [0.717, 1.165) is 41.1 Å². The van der Waals surface area contributed by atoms with Gasteiger partial charge in [-0.2, -0.15) is 9.78 Å². The Morgan fingerprint density at radius 2 is 1.73 bits per heavy atom. The number of nitrogens with zero attached hydrogens (tertiary/aromatic N) is 4. The SMILES string of the molecule is COc1cc(C)c(-c2nc3ccccc3c(=O)n2N=Cc2ccc(N3CCCCC3)cc2)cc1C(C)C. The van der Waals surface area contributed by atoms with E-state index in [9.17, 15) is 4.79 Å². The first-order valence-electron chi connectivity index (χ1n) is 13.1. The topological polar surface area (TPSA) is 59.7 Å². The van der Waals surface area contributed by atoms with Gasteiger partial charge in [-0.3, -0.25) is 4.79 Å². The molecule has 1 aliphatic heterocycles. The molecule has 0 amide bonds. The summed E-state index contributed by atoms with van der Waals surface area (Å²) in [6.45, 7) is 8.48. The third-order valence-electron chi connectivity index (χ3n) is 7.13. The van der Waals surface area contributed by atoms with Crippen LogP contribution in [0.1, 0.15) is 55.7 Å². The number of ether oxygens (including phenoxy) is 1. The number of aryl methyl sites for hydroxylation is 1. The van der Waals surface area contributed by atoms with Gasteiger partial charge in [-0.15, -0.1) is 0 Å². The highest BCUT2D eigenvalue weighted by Crippen LogP contribution is 2.34. The van der Waals surface area contributed by atoms with Crippen molar-refractivity contribution in [3.63, 3.8) is 0 Å². The first-order chi connectivity index (χ1) is 18.0. The minimum Gasteiger partial charge on any atom is -0.496 e. The van der Waals surface area contributed by atoms with E-state index in [1.54, 1.807) is 19.4 Å². The lowest BCUT2D eigenvalue weighted by Crippen LogP contribution is -2.29. The Morgan fingerprint density at radius 3 is 2.43 bits per heavy atom. The van der Waals surface area contributed by atoms with Crippen molar-refractivity contribution in [3.8, 4) is 17.1 Å². The van der Waals surface area contributed by atoms with Crippen molar-refractivity contribution in [2.75, 3.05) is 25.1 Å². The van der Waals surface area contributed by atoms with E-state index >= 15 is 0 Å². The summed E-state index contributed by atoms with van der Waals surface area (Å²) >= 11 is 0. The van der Waals surface area contributed by atoms with Crippen LogP contribution in [0.5, 0.6) is 5.75 Å². The second kappa shape index (κ2) is 10.6. The standard InChI is InChI=1S/C31H34N4O2/c1-21(2)26-19-27(22(3)18-29(26)37-4)30-33-28-11-7-6-10-25(28)31(36)35(30)32-20-23-12-14-24(15-13-23)34-16-8-5-9-17-34/h6-7,10-15,18-21H,5,8-9,16-17H2,1-4H3. The molecule has 6 heteroatoms. The van der Waals surface area contributed by atoms with Crippen LogP contribution in [-0.2, 0) is 0 Å². The van der Waals surface area contributed by atoms with Gasteiger partial charge in [0.15, 0.2) is 5.82 Å². The summed E-state index contributed by atoms with van der Waals surface area (Å²) in [5.74, 6) is 1.60. The quantitative estimate of drug-likeness (QED) is 0.292. The van der Waals surface area contributed by atoms with Gasteiger partial charge in [0.25, 0.3) is 5.56 Å². The van der Waals surface area contributed by atoms with Gasteiger partial charge in [0.1, 0.15) is 5.75 Å². The number of hydrogen-bond acceptors (Lipinski definition) is 5. The molecule has 1 saturated heterocycles. The summed E-state index contributed by atoms with van der Waals surface area (Å²) in [5, 5.41) is 5.22. The average molecular weight is 495 g/mol. The summed E-state index contributed by atoms with van der Waals surface area (Å²) < 4.78 is 7.07. The molecule has 6 nitrogen and oxygen atoms in total. The molecule has 1 fully saturated rings. The van der Waals surface area contributed by atoms with Crippen LogP contribution in [0.15, 0.2) is 70.6 Å². The number of anilines is 1. The maximum Gasteiger partial charge on any atom is 0.282 e. The average Bonchev–Trinajstić information content (AvgIpc) is 2.93. The van der Waals surface area contributed by atoms with Gasteiger partial charge in [-0.1, -0.05) is 38.1 Å². The Morgan fingerprint density at radius 1 is 1.00 bits per heavy atom. The van der Waals surface area contributed by atoms with Gasteiger partial charge in [0.05, 0.1) is 24.2 Å². The molecule has 0 aliphatic carbocycles. The molecule has 190 valence electrons. The molecule has 0 atom stereocenters. The summed E-state index contributed by atoms with van der Waals surface area (Å²) in [6, 6.07) is 19.9. The van der Waals surface area contributed by atoms with E-state index in [-0.39, 0.29) is 11.5 Å². The zero-order valence-corrected chi connectivity index (χ0v) is 22.1. The number of hydrogen-bond donors (Lipinski definition) is 0. The molecular weight excluding hydrogens is 460 g/mol. The van der Waals surface area contributed by atoms with E-state index in [4.69, 9.17) is 9.72 Å². The van der Waals surface area contributed by atoms with Crippen LogP contribution < -0.4 is 15.2 Å². The highest BCUT2D eigenvalue weighted by molar-refractivity contribution is 5.83. The zero-order valence-electron chi connectivity index (χ0n) is 22.1. The van der Waals surface area contributed by atoms with Crippen molar-refractivity contribution in [2.24, 2.45) is 5.10 Å². The molecule has 0 N–H and O–H groups in total. The molecule has 1 aromatic heterocycles. The molecule has 0 saturated carbocycles. The van der Waals surface area contributed by atoms with Gasteiger partial charge >= 0.3 is 0 Å². The summed E-state index contributed by atoms with van der Waals surface area (Å²) in [4.78, 5) is 21.0. The van der Waals surface area contributed by atoms with Crippen molar-refractivity contribution >= 4 is 22.8 Å². The summed E-state index contributed by atoms with van der Waals surface area (Å²) in [6.07, 6.45) is 5.54. The minimum atomic E-state index is -0.192. The first-order valence-corrected chi connectivity index (χ1v) is 13.1. The number of rotatable bonds is 6. The van der Waals surface area contributed by atoms with Crippen LogP contribution in [0.3, 0.4) is 0 Å². The highest BCUT2D eigenvalue weighted by Gasteiger charge is 2.18. The lowest BCUT2D eigenvalue weighted by Gasteiger charge is -2.28. The molecular formula is C31H34N4O2. The van der Waals surface area contributed by atoms with Gasteiger partial charge in [0, 0.05) is 24.3 Å². The number of piperidine rings is 1. The first kappa shape index (κ1) is 24.8. The Bertz CT molecular complexity index is 1500. The number of benzene rings is 3. The van der Waals surface area contributed by atoms with Gasteiger partial charge in [0.2, 0.25) is 0 Å².